The SMILES string of the molecule is CCCCCCCc1cc(=O)n2c(c1-c1ccc(F)c(F)c1)SC[C@@H]2C(=O)OC.CCCCCCCc1cc(=O)n2c(c1-c1ccc(F)c(F)c1)SC[C@@H]2C(N)=O. The van der Waals surface area contributed by atoms with E-state index < -0.39 is 47.2 Å². The molecule has 0 radical (unpaired) electrons. The number of methoxy groups -OCH3 is 1. The lowest BCUT2D eigenvalue weighted by Crippen LogP contribution is -2.33. The number of nitrogens with two attached hydrogens (primary N) is 1. The maximum absolute atomic E-state index is 14.0. The molecular formula is C43H49F4N3O5S2. The monoisotopic (exact) mass is 827 g/mol. The highest BCUT2D eigenvalue weighted by Crippen LogP contribution is 2.43. The second-order valence-electron chi connectivity index (χ2n) is 14.3. The summed E-state index contributed by atoms with van der Waals surface area (Å²) in [6.45, 7) is 4.30. The zero-order chi connectivity index (χ0) is 41.2. The summed E-state index contributed by atoms with van der Waals surface area (Å²) in [5, 5.41) is 1.22. The summed E-state index contributed by atoms with van der Waals surface area (Å²) in [6.07, 6.45) is 12.1. The Balaban J connectivity index is 0.000000218. The highest BCUT2D eigenvalue weighted by molar-refractivity contribution is 7.99. The molecule has 0 saturated carbocycles. The summed E-state index contributed by atoms with van der Waals surface area (Å²) in [5.74, 6) is -4.03. The van der Waals surface area contributed by atoms with Gasteiger partial charge in [0.15, 0.2) is 23.3 Å². The number of benzene rings is 2. The number of carbonyl (C=O) groups is 2. The van der Waals surface area contributed by atoms with Gasteiger partial charge in [0, 0.05) is 34.8 Å². The second-order valence-corrected chi connectivity index (χ2v) is 16.3. The zero-order valence-electron chi connectivity index (χ0n) is 32.5. The van der Waals surface area contributed by atoms with Crippen LogP contribution in [0.15, 0.2) is 68.2 Å². The quantitative estimate of drug-likeness (QED) is 0.0680. The number of unbranched alkanes of at least 4 members (excludes halogenated alkanes) is 8. The van der Waals surface area contributed by atoms with E-state index in [-0.39, 0.29) is 11.1 Å². The van der Waals surface area contributed by atoms with E-state index in [2.05, 4.69) is 13.8 Å². The molecule has 4 heterocycles. The van der Waals surface area contributed by atoms with E-state index in [1.54, 1.807) is 0 Å². The predicted molar refractivity (Wildman–Crippen MR) is 218 cm³/mol. The van der Waals surface area contributed by atoms with Gasteiger partial charge in [-0.3, -0.25) is 23.5 Å². The third kappa shape index (κ3) is 10.2. The smallest absolute Gasteiger partial charge is 0.329 e. The van der Waals surface area contributed by atoms with Crippen LogP contribution in [0.4, 0.5) is 17.6 Å². The average Bonchev–Trinajstić information content (AvgIpc) is 3.84. The van der Waals surface area contributed by atoms with Gasteiger partial charge in [0.05, 0.1) is 17.2 Å². The fourth-order valence-corrected chi connectivity index (χ4v) is 10.0. The van der Waals surface area contributed by atoms with Crippen molar-refractivity contribution in [1.82, 2.24) is 9.13 Å². The molecule has 0 bridgehead atoms. The number of fused-ring (bicyclic) bond motifs is 2. The molecule has 0 unspecified atom stereocenters. The molecule has 0 aliphatic carbocycles. The molecular weight excluding hydrogens is 779 g/mol. The van der Waals surface area contributed by atoms with Crippen LogP contribution in [-0.4, -0.2) is 39.6 Å². The molecule has 14 heteroatoms. The Labute approximate surface area is 338 Å². The molecule has 2 aromatic heterocycles. The van der Waals surface area contributed by atoms with Crippen molar-refractivity contribution in [3.63, 3.8) is 0 Å². The number of rotatable bonds is 16. The number of nitrogens with zero attached hydrogens (tertiary/aromatic N) is 2. The highest BCUT2D eigenvalue weighted by Gasteiger charge is 2.34. The summed E-state index contributed by atoms with van der Waals surface area (Å²) >= 11 is 2.73. The number of primary amides is 1. The van der Waals surface area contributed by atoms with Crippen LogP contribution in [0.2, 0.25) is 0 Å². The molecule has 0 spiro atoms. The van der Waals surface area contributed by atoms with Crippen molar-refractivity contribution in [2.75, 3.05) is 18.6 Å². The number of thioether (sulfide) groups is 2. The van der Waals surface area contributed by atoms with E-state index in [1.165, 1.54) is 76.9 Å². The Morgan fingerprint density at radius 3 is 1.47 bits per heavy atom. The maximum atomic E-state index is 14.0. The minimum Gasteiger partial charge on any atom is -0.467 e. The summed E-state index contributed by atoms with van der Waals surface area (Å²) in [6, 6.07) is 9.12. The van der Waals surface area contributed by atoms with Crippen LogP contribution in [0.3, 0.4) is 0 Å². The van der Waals surface area contributed by atoms with Gasteiger partial charge < -0.3 is 10.5 Å². The molecule has 2 N–H and O–H groups in total. The highest BCUT2D eigenvalue weighted by atomic mass is 32.2. The second kappa shape index (κ2) is 20.4. The molecule has 6 rings (SSSR count). The summed E-state index contributed by atoms with van der Waals surface area (Å²) in [5.41, 5.74) is 8.93. The van der Waals surface area contributed by atoms with Gasteiger partial charge in [0.2, 0.25) is 5.91 Å². The van der Waals surface area contributed by atoms with Gasteiger partial charge >= 0.3 is 5.97 Å². The van der Waals surface area contributed by atoms with Gasteiger partial charge in [-0.25, -0.2) is 22.4 Å². The Hall–Kier alpha value is -4.30. The number of esters is 1. The summed E-state index contributed by atoms with van der Waals surface area (Å²) < 4.78 is 62.4. The zero-order valence-corrected chi connectivity index (χ0v) is 34.1. The number of amides is 1. The van der Waals surface area contributed by atoms with Crippen LogP contribution in [0, 0.1) is 23.3 Å². The maximum Gasteiger partial charge on any atom is 0.329 e. The predicted octanol–water partition coefficient (Wildman–Crippen LogP) is 9.56. The molecule has 0 saturated heterocycles. The number of ether oxygens (including phenoxy) is 1. The van der Waals surface area contributed by atoms with E-state index in [1.807, 2.05) is 0 Å². The fraction of sp³-hybridized carbons (Fsp3) is 0.442. The molecule has 4 aromatic rings. The number of hydrogen-bond donors (Lipinski definition) is 1. The first kappa shape index (κ1) is 43.8. The minimum absolute atomic E-state index is 0.268. The normalized spacial score (nSPS) is 15.5. The van der Waals surface area contributed by atoms with Gasteiger partial charge in [0.25, 0.3) is 11.1 Å². The van der Waals surface area contributed by atoms with E-state index in [4.69, 9.17) is 10.5 Å². The van der Waals surface area contributed by atoms with Crippen molar-refractivity contribution in [2.45, 2.75) is 113 Å². The number of pyridine rings is 2. The van der Waals surface area contributed by atoms with Gasteiger partial charge in [-0.1, -0.05) is 77.3 Å². The lowest BCUT2D eigenvalue weighted by molar-refractivity contribution is -0.143. The molecule has 1 amide bonds. The van der Waals surface area contributed by atoms with Crippen molar-refractivity contribution in [1.29, 1.82) is 0 Å². The number of aryl methyl sites for hydroxylation is 2. The van der Waals surface area contributed by atoms with Gasteiger partial charge in [0.1, 0.15) is 12.1 Å². The van der Waals surface area contributed by atoms with Crippen LogP contribution >= 0.6 is 23.5 Å². The van der Waals surface area contributed by atoms with Crippen molar-refractivity contribution in [2.24, 2.45) is 5.73 Å². The topological polar surface area (TPSA) is 113 Å². The molecule has 0 fully saturated rings. The molecule has 57 heavy (non-hydrogen) atoms. The van der Waals surface area contributed by atoms with Crippen molar-refractivity contribution < 1.29 is 31.9 Å². The molecule has 306 valence electrons. The standard InChI is InChI=1S/C22H25F2NO3S.C21H24F2N2O2S/c1-3-4-5-6-7-8-14-12-19(26)25-18(22(27)28-2)13-29-21(25)20(14)15-9-10-16(23)17(24)11-15;1-2-3-4-5-6-7-13-11-18(26)25-17(20(24)27)12-28-21(25)19(13)14-8-9-15(22)16(23)10-14/h9-12,18H,3-8,13H2,1-2H3;8-11,17H,2-7,12H2,1H3,(H2,24,27)/t18-;17-/m11/s1. The molecule has 2 aromatic carbocycles. The van der Waals surface area contributed by atoms with E-state index in [0.717, 1.165) is 86.8 Å². The number of aromatic nitrogens is 2. The summed E-state index contributed by atoms with van der Waals surface area (Å²) in [7, 11) is 1.29. The lowest BCUT2D eigenvalue weighted by Gasteiger charge is -2.17. The van der Waals surface area contributed by atoms with Gasteiger partial charge in [-0.15, -0.1) is 23.5 Å². The van der Waals surface area contributed by atoms with E-state index in [0.29, 0.717) is 56.7 Å². The lowest BCUT2D eigenvalue weighted by atomic mass is 9.96. The number of carbonyl (C=O) groups excluding carboxylic acids is 2. The third-order valence-electron chi connectivity index (χ3n) is 10.3. The molecule has 2 aliphatic heterocycles. The van der Waals surface area contributed by atoms with Crippen molar-refractivity contribution >= 4 is 35.4 Å². The van der Waals surface area contributed by atoms with Gasteiger partial charge in [-0.05, 0) is 72.2 Å². The first-order chi connectivity index (χ1) is 27.4. The van der Waals surface area contributed by atoms with E-state index in [9.17, 15) is 36.7 Å². The first-order valence-corrected chi connectivity index (χ1v) is 21.5. The molecule has 2 aliphatic rings. The Morgan fingerprint density at radius 1 is 0.649 bits per heavy atom. The van der Waals surface area contributed by atoms with Crippen LogP contribution in [-0.2, 0) is 27.2 Å². The fourth-order valence-electron chi connectivity index (χ4n) is 7.31. The minimum atomic E-state index is -0.939. The van der Waals surface area contributed by atoms with Crippen LogP contribution in [0.1, 0.15) is 101 Å². The Bertz CT molecular complexity index is 2210. The Morgan fingerprint density at radius 2 is 1.07 bits per heavy atom. The molecule has 8 nitrogen and oxygen atoms in total. The van der Waals surface area contributed by atoms with Crippen molar-refractivity contribution in [3.05, 3.63) is 104 Å². The van der Waals surface area contributed by atoms with Crippen molar-refractivity contribution in [3.8, 4) is 22.3 Å². The number of halogens is 4. The average molecular weight is 828 g/mol. The Kier molecular flexibility index (Phi) is 15.7. The van der Waals surface area contributed by atoms with Crippen LogP contribution in [0.25, 0.3) is 22.3 Å². The molecule has 2 atom stereocenters. The summed E-state index contributed by atoms with van der Waals surface area (Å²) in [4.78, 5) is 49.4. The van der Waals surface area contributed by atoms with E-state index >= 15 is 0 Å². The third-order valence-corrected chi connectivity index (χ3v) is 12.6. The van der Waals surface area contributed by atoms with Gasteiger partial charge in [-0.2, -0.15) is 0 Å². The van der Waals surface area contributed by atoms with Crippen LogP contribution in [0.5, 0.6) is 0 Å². The first-order valence-electron chi connectivity index (χ1n) is 19.5. The van der Waals surface area contributed by atoms with Crippen LogP contribution < -0.4 is 16.9 Å². The largest absolute Gasteiger partial charge is 0.467 e. The number of hydrogen-bond acceptors (Lipinski definition) is 7.